The Hall–Kier alpha value is -4.73. The van der Waals surface area contributed by atoms with Crippen LogP contribution in [0.5, 0.6) is 0 Å². The van der Waals surface area contributed by atoms with Gasteiger partial charge in [0.2, 0.25) is 0 Å². The van der Waals surface area contributed by atoms with Gasteiger partial charge in [-0.05, 0) is 50.5 Å². The number of nitrogens with two attached hydrogens (primary N) is 2. The molecule has 5 aromatic rings. The summed E-state index contributed by atoms with van der Waals surface area (Å²) >= 11 is 0. The van der Waals surface area contributed by atoms with E-state index < -0.39 is 0 Å². The van der Waals surface area contributed by atoms with Crippen molar-refractivity contribution in [3.63, 3.8) is 0 Å². The number of carbonyl (C=O) groups is 1. The second-order valence-electron chi connectivity index (χ2n) is 11.6. The molecule has 3 fully saturated rings. The molecule has 0 spiro atoms. The molecule has 8 rings (SSSR count). The van der Waals surface area contributed by atoms with E-state index >= 15 is 0 Å². The first-order chi connectivity index (χ1) is 20.1. The summed E-state index contributed by atoms with van der Waals surface area (Å²) in [6.45, 7) is 0. The van der Waals surface area contributed by atoms with Crippen LogP contribution in [-0.2, 0) is 0 Å². The Morgan fingerprint density at radius 3 is 2.32 bits per heavy atom. The first kappa shape index (κ1) is 24.1. The Morgan fingerprint density at radius 1 is 0.878 bits per heavy atom. The molecular weight excluding hydrogens is 514 g/mol. The highest BCUT2D eigenvalue weighted by Gasteiger charge is 2.46. The van der Waals surface area contributed by atoms with E-state index in [-0.39, 0.29) is 23.9 Å². The summed E-state index contributed by atoms with van der Waals surface area (Å²) < 4.78 is 1.80. The summed E-state index contributed by atoms with van der Waals surface area (Å²) in [5.74, 6) is 1.63. The number of nitrogen functional groups attached to an aromatic ring is 2. The van der Waals surface area contributed by atoms with Crippen molar-refractivity contribution in [3.8, 4) is 22.4 Å². The molecule has 206 valence electrons. The topological polar surface area (TPSA) is 144 Å². The fraction of sp³-hybridized carbons (Fsp3) is 0.323. The first-order valence-corrected chi connectivity index (χ1v) is 14.4. The summed E-state index contributed by atoms with van der Waals surface area (Å²) in [6, 6.07) is 14.5. The molecule has 1 amide bonds. The molecular formula is C31H31N9O. The lowest BCUT2D eigenvalue weighted by atomic mass is 9.84. The van der Waals surface area contributed by atoms with Crippen LogP contribution in [0, 0.1) is 0 Å². The second-order valence-corrected chi connectivity index (χ2v) is 11.6. The van der Waals surface area contributed by atoms with Crippen molar-refractivity contribution in [3.05, 3.63) is 77.9 Å². The van der Waals surface area contributed by atoms with Crippen molar-refractivity contribution in [1.29, 1.82) is 0 Å². The van der Waals surface area contributed by atoms with Gasteiger partial charge >= 0.3 is 0 Å². The molecule has 2 aliphatic heterocycles. The molecule has 1 aliphatic carbocycles. The van der Waals surface area contributed by atoms with Gasteiger partial charge in [0.05, 0.1) is 23.8 Å². The standard InChI is InChI=1S/C31H31N9O/c32-28-24(15-35-38-28)31(41)39-21-9-10-22(39)13-20(12-21)27-26(18-6-7-18)29(33)40-30(37-27)23(16-36-40)19-8-11-25(34-14-19)17-4-2-1-3-5-17/h1-5,8,11,14-16,18,20-22H,6-7,9-10,12-13,33H2,(H3,32,35,38). The first-order valence-electron chi connectivity index (χ1n) is 14.4. The molecule has 3 aliphatic rings. The van der Waals surface area contributed by atoms with Crippen LogP contribution >= 0.6 is 0 Å². The van der Waals surface area contributed by atoms with Crippen LogP contribution in [0.2, 0.25) is 0 Å². The minimum atomic E-state index is -0.0305. The van der Waals surface area contributed by atoms with Crippen molar-refractivity contribution in [2.45, 2.75) is 62.4 Å². The Morgan fingerprint density at radius 2 is 1.66 bits per heavy atom. The fourth-order valence-electron chi connectivity index (χ4n) is 7.02. The maximum Gasteiger partial charge on any atom is 0.259 e. The van der Waals surface area contributed by atoms with Crippen molar-refractivity contribution in [1.82, 2.24) is 34.7 Å². The van der Waals surface area contributed by atoms with Gasteiger partial charge in [0.15, 0.2) is 5.65 Å². The zero-order valence-corrected chi connectivity index (χ0v) is 22.6. The number of nitrogens with zero attached hydrogens (tertiary/aromatic N) is 6. The second kappa shape index (κ2) is 9.15. The van der Waals surface area contributed by atoms with E-state index in [0.29, 0.717) is 23.1 Å². The number of amides is 1. The minimum Gasteiger partial charge on any atom is -0.383 e. The summed E-state index contributed by atoms with van der Waals surface area (Å²) in [5, 5.41) is 11.3. The van der Waals surface area contributed by atoms with Crippen LogP contribution < -0.4 is 11.5 Å². The highest BCUT2D eigenvalue weighted by atomic mass is 16.2. The molecule has 2 bridgehead atoms. The fourth-order valence-corrected chi connectivity index (χ4v) is 7.02. The molecule has 10 heteroatoms. The van der Waals surface area contributed by atoms with Gasteiger partial charge in [0, 0.05) is 46.5 Å². The largest absolute Gasteiger partial charge is 0.383 e. The third-order valence-corrected chi connectivity index (χ3v) is 9.13. The summed E-state index contributed by atoms with van der Waals surface area (Å²) in [4.78, 5) is 25.5. The number of pyridine rings is 1. The Labute approximate surface area is 236 Å². The zero-order valence-electron chi connectivity index (χ0n) is 22.6. The van der Waals surface area contributed by atoms with Crippen LogP contribution in [0.25, 0.3) is 28.0 Å². The number of anilines is 2. The van der Waals surface area contributed by atoms with Gasteiger partial charge in [-0.3, -0.25) is 14.9 Å². The van der Waals surface area contributed by atoms with E-state index in [1.807, 2.05) is 41.6 Å². The number of fused-ring (bicyclic) bond motifs is 3. The van der Waals surface area contributed by atoms with Gasteiger partial charge in [-0.15, -0.1) is 0 Å². The normalized spacial score (nSPS) is 22.0. The van der Waals surface area contributed by atoms with E-state index in [4.69, 9.17) is 21.4 Å². The SMILES string of the molecule is Nc1[nH]ncc1C(=O)N1C2CCC1CC(c1nc3c(-c4ccc(-c5ccccc5)nc4)cnn3c(N)c1C1CC1)C2. The molecule has 1 saturated carbocycles. The molecule has 5 N–H and O–H groups in total. The predicted octanol–water partition coefficient (Wildman–Crippen LogP) is 4.77. The molecule has 4 aromatic heterocycles. The average Bonchev–Trinajstić information content (AvgIpc) is 3.49. The third kappa shape index (κ3) is 3.88. The number of rotatable bonds is 5. The van der Waals surface area contributed by atoms with Crippen LogP contribution in [0.4, 0.5) is 11.6 Å². The molecule has 41 heavy (non-hydrogen) atoms. The molecule has 2 unspecified atom stereocenters. The number of nitrogens with one attached hydrogen (secondary N) is 1. The smallest absolute Gasteiger partial charge is 0.259 e. The van der Waals surface area contributed by atoms with Crippen LogP contribution in [0.1, 0.15) is 72.0 Å². The van der Waals surface area contributed by atoms with Crippen molar-refractivity contribution in [2.24, 2.45) is 0 Å². The number of hydrogen-bond acceptors (Lipinski definition) is 7. The number of carbonyl (C=O) groups excluding carboxylic acids is 1. The van der Waals surface area contributed by atoms with Crippen LogP contribution in [-0.4, -0.2) is 52.7 Å². The lowest BCUT2D eigenvalue weighted by Crippen LogP contribution is -2.46. The lowest BCUT2D eigenvalue weighted by molar-refractivity contribution is 0.0570. The molecule has 6 heterocycles. The van der Waals surface area contributed by atoms with Gasteiger partial charge < -0.3 is 16.4 Å². The van der Waals surface area contributed by atoms with Crippen LogP contribution in [0.3, 0.4) is 0 Å². The number of hydrogen-bond donors (Lipinski definition) is 3. The monoisotopic (exact) mass is 545 g/mol. The number of piperidine rings is 1. The Kier molecular flexibility index (Phi) is 5.38. The quantitative estimate of drug-likeness (QED) is 0.288. The third-order valence-electron chi connectivity index (χ3n) is 9.13. The highest BCUT2D eigenvalue weighted by molar-refractivity contribution is 5.98. The maximum absolute atomic E-state index is 13.4. The minimum absolute atomic E-state index is 0.0305. The highest BCUT2D eigenvalue weighted by Crippen LogP contribution is 2.50. The van der Waals surface area contributed by atoms with Crippen molar-refractivity contribution in [2.75, 3.05) is 11.5 Å². The molecule has 0 radical (unpaired) electrons. The summed E-state index contributed by atoms with van der Waals surface area (Å²) in [7, 11) is 0. The number of aromatic amines is 1. The van der Waals surface area contributed by atoms with E-state index in [2.05, 4.69) is 33.5 Å². The van der Waals surface area contributed by atoms with Gasteiger partial charge in [0.25, 0.3) is 5.91 Å². The number of aromatic nitrogens is 6. The molecule has 1 aromatic carbocycles. The molecule has 2 atom stereocenters. The van der Waals surface area contributed by atoms with Gasteiger partial charge in [0.1, 0.15) is 17.2 Å². The Balaban J connectivity index is 1.16. The summed E-state index contributed by atoms with van der Waals surface area (Å²) in [5.41, 5.74) is 20.2. The average molecular weight is 546 g/mol. The summed E-state index contributed by atoms with van der Waals surface area (Å²) in [6.07, 6.45) is 11.2. The van der Waals surface area contributed by atoms with E-state index in [1.165, 1.54) is 6.20 Å². The van der Waals surface area contributed by atoms with E-state index in [1.54, 1.807) is 4.52 Å². The lowest BCUT2D eigenvalue weighted by Gasteiger charge is -2.39. The van der Waals surface area contributed by atoms with Crippen LogP contribution in [0.15, 0.2) is 61.1 Å². The van der Waals surface area contributed by atoms with Crippen molar-refractivity contribution >= 4 is 23.2 Å². The van der Waals surface area contributed by atoms with E-state index in [9.17, 15) is 4.79 Å². The predicted molar refractivity (Wildman–Crippen MR) is 156 cm³/mol. The molecule has 10 nitrogen and oxygen atoms in total. The van der Waals surface area contributed by atoms with Gasteiger partial charge in [-0.2, -0.15) is 14.7 Å². The van der Waals surface area contributed by atoms with Gasteiger partial charge in [-0.1, -0.05) is 36.4 Å². The van der Waals surface area contributed by atoms with E-state index in [0.717, 1.165) is 77.8 Å². The molecule has 2 saturated heterocycles. The Bertz CT molecular complexity index is 1760. The zero-order chi connectivity index (χ0) is 27.7. The van der Waals surface area contributed by atoms with Crippen molar-refractivity contribution < 1.29 is 4.79 Å². The maximum atomic E-state index is 13.4. The number of benzene rings is 1. The van der Waals surface area contributed by atoms with Gasteiger partial charge in [-0.25, -0.2) is 4.98 Å². The number of H-pyrrole nitrogens is 1.